The Bertz CT molecular complexity index is 329. The van der Waals surface area contributed by atoms with Crippen LogP contribution < -0.4 is 5.32 Å². The molecular weight excluding hydrogens is 208 g/mol. The zero-order valence-corrected chi connectivity index (χ0v) is 9.69. The highest BCUT2D eigenvalue weighted by molar-refractivity contribution is 5.99. The molecular formula is C11H18N2O3. The van der Waals surface area contributed by atoms with Gasteiger partial charge in [0.1, 0.15) is 6.04 Å². The second kappa shape index (κ2) is 3.73. The Morgan fingerprint density at radius 1 is 1.56 bits per heavy atom. The Hall–Kier alpha value is -1.10. The van der Waals surface area contributed by atoms with Crippen LogP contribution in [0.5, 0.6) is 0 Å². The fraction of sp³-hybridized carbons (Fsp3) is 0.818. The minimum atomic E-state index is -1.58. The molecule has 90 valence electrons. The van der Waals surface area contributed by atoms with E-state index < -0.39 is 17.7 Å². The minimum absolute atomic E-state index is 0.145. The van der Waals surface area contributed by atoms with E-state index in [-0.39, 0.29) is 5.91 Å². The van der Waals surface area contributed by atoms with E-state index in [9.17, 15) is 14.7 Å². The summed E-state index contributed by atoms with van der Waals surface area (Å²) in [5.41, 5.74) is -1.58. The van der Waals surface area contributed by atoms with Crippen LogP contribution in [-0.4, -0.2) is 40.1 Å². The molecule has 0 aliphatic carbocycles. The first-order chi connectivity index (χ1) is 7.45. The largest absolute Gasteiger partial charge is 0.363 e. The van der Waals surface area contributed by atoms with Gasteiger partial charge in [-0.05, 0) is 18.8 Å². The van der Waals surface area contributed by atoms with Crippen molar-refractivity contribution in [3.8, 4) is 0 Å². The highest BCUT2D eigenvalue weighted by Gasteiger charge is 2.53. The minimum Gasteiger partial charge on any atom is -0.363 e. The molecule has 2 aliphatic heterocycles. The van der Waals surface area contributed by atoms with Crippen LogP contribution in [0.25, 0.3) is 0 Å². The van der Waals surface area contributed by atoms with E-state index in [0.717, 1.165) is 0 Å². The summed E-state index contributed by atoms with van der Waals surface area (Å²) in [4.78, 5) is 25.2. The fourth-order valence-electron chi connectivity index (χ4n) is 2.49. The lowest BCUT2D eigenvalue weighted by molar-refractivity contribution is -0.178. The van der Waals surface area contributed by atoms with Crippen molar-refractivity contribution in [3.05, 3.63) is 0 Å². The molecule has 2 fully saturated rings. The van der Waals surface area contributed by atoms with Crippen molar-refractivity contribution in [1.29, 1.82) is 0 Å². The molecule has 2 amide bonds. The van der Waals surface area contributed by atoms with Gasteiger partial charge in [0.25, 0.3) is 5.91 Å². The van der Waals surface area contributed by atoms with Crippen LogP contribution in [-0.2, 0) is 9.59 Å². The third-order valence-electron chi connectivity index (χ3n) is 3.29. The molecule has 0 radical (unpaired) electrons. The second-order valence-corrected chi connectivity index (χ2v) is 5.07. The van der Waals surface area contributed by atoms with Crippen LogP contribution in [0.1, 0.15) is 33.1 Å². The Morgan fingerprint density at radius 3 is 2.88 bits per heavy atom. The molecule has 0 unspecified atom stereocenters. The number of aliphatic hydroxyl groups is 1. The Labute approximate surface area is 94.8 Å². The monoisotopic (exact) mass is 226 g/mol. The lowest BCUT2D eigenvalue weighted by Crippen LogP contribution is -2.68. The van der Waals surface area contributed by atoms with Crippen molar-refractivity contribution < 1.29 is 14.7 Å². The average molecular weight is 226 g/mol. The van der Waals surface area contributed by atoms with Crippen LogP contribution >= 0.6 is 0 Å². The lowest BCUT2D eigenvalue weighted by atomic mass is 9.97. The van der Waals surface area contributed by atoms with Crippen LogP contribution in [0, 0.1) is 5.92 Å². The van der Waals surface area contributed by atoms with Gasteiger partial charge in [-0.3, -0.25) is 9.59 Å². The van der Waals surface area contributed by atoms with E-state index in [1.54, 1.807) is 0 Å². The van der Waals surface area contributed by atoms with E-state index in [1.165, 1.54) is 4.90 Å². The predicted octanol–water partition coefficient (Wildman–Crippen LogP) is -0.158. The molecule has 0 bridgehead atoms. The van der Waals surface area contributed by atoms with Gasteiger partial charge in [0.05, 0.1) is 0 Å². The summed E-state index contributed by atoms with van der Waals surface area (Å²) in [6.45, 7) is 4.49. The normalized spacial score (nSPS) is 34.2. The number of nitrogens with one attached hydrogen (secondary N) is 1. The molecule has 16 heavy (non-hydrogen) atoms. The summed E-state index contributed by atoms with van der Waals surface area (Å²) < 4.78 is 0. The van der Waals surface area contributed by atoms with E-state index in [4.69, 9.17) is 0 Å². The molecule has 2 heterocycles. The maximum atomic E-state index is 12.0. The van der Waals surface area contributed by atoms with Crippen molar-refractivity contribution in [2.45, 2.75) is 44.9 Å². The summed E-state index contributed by atoms with van der Waals surface area (Å²) >= 11 is 0. The van der Waals surface area contributed by atoms with Crippen LogP contribution in [0.4, 0.5) is 0 Å². The highest BCUT2D eigenvalue weighted by atomic mass is 16.3. The third kappa shape index (κ3) is 1.59. The topological polar surface area (TPSA) is 69.6 Å². The summed E-state index contributed by atoms with van der Waals surface area (Å²) in [5, 5.41) is 12.7. The Kier molecular flexibility index (Phi) is 2.66. The van der Waals surface area contributed by atoms with E-state index in [0.29, 0.717) is 31.7 Å². The SMILES string of the molecule is CC(C)C[C@H]1NC(=O)[C@]2(O)CCCN2C1=O. The van der Waals surface area contributed by atoms with Gasteiger partial charge in [-0.15, -0.1) is 0 Å². The van der Waals surface area contributed by atoms with Gasteiger partial charge in [-0.25, -0.2) is 0 Å². The number of piperazine rings is 1. The summed E-state index contributed by atoms with van der Waals surface area (Å²) in [6.07, 6.45) is 1.65. The average Bonchev–Trinajstić information content (AvgIpc) is 2.58. The van der Waals surface area contributed by atoms with Gasteiger partial charge in [-0.2, -0.15) is 0 Å². The van der Waals surface area contributed by atoms with Crippen molar-refractivity contribution >= 4 is 11.8 Å². The molecule has 2 atom stereocenters. The smallest absolute Gasteiger partial charge is 0.274 e. The molecule has 5 nitrogen and oxygen atoms in total. The van der Waals surface area contributed by atoms with Crippen LogP contribution in [0.2, 0.25) is 0 Å². The molecule has 0 spiro atoms. The number of hydrogen-bond acceptors (Lipinski definition) is 3. The molecule has 5 heteroatoms. The van der Waals surface area contributed by atoms with E-state index >= 15 is 0 Å². The summed E-state index contributed by atoms with van der Waals surface area (Å²) in [7, 11) is 0. The first-order valence-electron chi connectivity index (χ1n) is 5.80. The van der Waals surface area contributed by atoms with Gasteiger partial charge in [0.15, 0.2) is 0 Å². The molecule has 0 saturated carbocycles. The second-order valence-electron chi connectivity index (χ2n) is 5.07. The predicted molar refractivity (Wildman–Crippen MR) is 57.3 cm³/mol. The van der Waals surface area contributed by atoms with Gasteiger partial charge in [0, 0.05) is 13.0 Å². The standard InChI is InChI=1S/C11H18N2O3/c1-7(2)6-8-9(14)13-5-3-4-11(13,16)10(15)12-8/h7-8,16H,3-6H2,1-2H3,(H,12,15)/t8-,11-/m1/s1. The summed E-state index contributed by atoms with van der Waals surface area (Å²) in [6, 6.07) is -0.467. The highest BCUT2D eigenvalue weighted by Crippen LogP contribution is 2.31. The van der Waals surface area contributed by atoms with Gasteiger partial charge in [0.2, 0.25) is 11.6 Å². The summed E-state index contributed by atoms with van der Waals surface area (Å²) in [5.74, 6) is -0.230. The molecule has 0 aromatic carbocycles. The first-order valence-corrected chi connectivity index (χ1v) is 5.80. The molecule has 2 aliphatic rings. The fourth-order valence-corrected chi connectivity index (χ4v) is 2.49. The van der Waals surface area contributed by atoms with Crippen LogP contribution in [0.15, 0.2) is 0 Å². The number of carbonyl (C=O) groups is 2. The van der Waals surface area contributed by atoms with Crippen LogP contribution in [0.3, 0.4) is 0 Å². The molecule has 0 aromatic rings. The van der Waals surface area contributed by atoms with Gasteiger partial charge < -0.3 is 15.3 Å². The number of carbonyl (C=O) groups excluding carboxylic acids is 2. The number of nitrogens with zero attached hydrogens (tertiary/aromatic N) is 1. The number of fused-ring (bicyclic) bond motifs is 1. The van der Waals surface area contributed by atoms with Crippen molar-refractivity contribution in [1.82, 2.24) is 10.2 Å². The zero-order chi connectivity index (χ0) is 11.9. The number of rotatable bonds is 2. The van der Waals surface area contributed by atoms with Crippen molar-refractivity contribution in [2.24, 2.45) is 5.92 Å². The Balaban J connectivity index is 2.19. The quantitative estimate of drug-likeness (QED) is 0.687. The third-order valence-corrected chi connectivity index (χ3v) is 3.29. The van der Waals surface area contributed by atoms with Gasteiger partial charge in [-0.1, -0.05) is 13.8 Å². The molecule has 2 N–H and O–H groups in total. The molecule has 2 saturated heterocycles. The van der Waals surface area contributed by atoms with E-state index in [2.05, 4.69) is 5.32 Å². The van der Waals surface area contributed by atoms with Crippen molar-refractivity contribution in [3.63, 3.8) is 0 Å². The van der Waals surface area contributed by atoms with Crippen molar-refractivity contribution in [2.75, 3.05) is 6.54 Å². The number of amides is 2. The number of hydrogen-bond donors (Lipinski definition) is 2. The maximum absolute atomic E-state index is 12.0. The maximum Gasteiger partial charge on any atom is 0.274 e. The van der Waals surface area contributed by atoms with Gasteiger partial charge >= 0.3 is 0 Å². The molecule has 0 aromatic heterocycles. The first kappa shape index (κ1) is 11.4. The zero-order valence-electron chi connectivity index (χ0n) is 9.69. The lowest BCUT2D eigenvalue weighted by Gasteiger charge is -2.40. The van der Waals surface area contributed by atoms with E-state index in [1.807, 2.05) is 13.8 Å². The molecule has 2 rings (SSSR count). The Morgan fingerprint density at radius 2 is 2.25 bits per heavy atom.